The molecule has 0 amide bonds. The maximum Gasteiger partial charge on any atom is 0.323 e. The zero-order valence-corrected chi connectivity index (χ0v) is 11.0. The summed E-state index contributed by atoms with van der Waals surface area (Å²) in [6.45, 7) is -1.05. The lowest BCUT2D eigenvalue weighted by Crippen LogP contribution is -2.34. The molecule has 102 valence electrons. The highest BCUT2D eigenvalue weighted by Crippen LogP contribution is 2.30. The van der Waals surface area contributed by atoms with Crippen LogP contribution in [0.1, 0.15) is 0 Å². The van der Waals surface area contributed by atoms with Gasteiger partial charge in [0.05, 0.1) is 10.6 Å². The Morgan fingerprint density at radius 3 is 2.16 bits per heavy atom. The fraction of sp³-hybridized carbons (Fsp3) is 0.200. The second kappa shape index (κ2) is 6.14. The number of aliphatic carboxylic acids is 2. The third-order valence-electron chi connectivity index (χ3n) is 2.14. The fourth-order valence-electron chi connectivity index (χ4n) is 1.42. The summed E-state index contributed by atoms with van der Waals surface area (Å²) in [4.78, 5) is 32.4. The fourth-order valence-corrected chi connectivity index (χ4v) is 2.04. The van der Waals surface area contributed by atoms with Crippen LogP contribution in [0.3, 0.4) is 0 Å². The zero-order chi connectivity index (χ0) is 14.6. The van der Waals surface area contributed by atoms with Crippen LogP contribution in [0.2, 0.25) is 0 Å². The Bertz CT molecular complexity index is 517. The van der Waals surface area contributed by atoms with Gasteiger partial charge in [-0.15, -0.1) is 0 Å². The van der Waals surface area contributed by atoms with E-state index in [1.807, 2.05) is 0 Å². The number of rotatable bonds is 6. The predicted molar refractivity (Wildman–Crippen MR) is 68.3 cm³/mol. The van der Waals surface area contributed by atoms with Crippen molar-refractivity contribution in [3.05, 3.63) is 32.8 Å². The number of nitro groups is 1. The van der Waals surface area contributed by atoms with E-state index in [9.17, 15) is 19.7 Å². The second-order valence-electron chi connectivity index (χ2n) is 3.54. The van der Waals surface area contributed by atoms with Crippen LogP contribution in [0.5, 0.6) is 0 Å². The minimum atomic E-state index is -1.20. The van der Waals surface area contributed by atoms with E-state index in [4.69, 9.17) is 10.2 Å². The highest BCUT2D eigenvalue weighted by Gasteiger charge is 2.18. The quantitative estimate of drug-likeness (QED) is 0.595. The summed E-state index contributed by atoms with van der Waals surface area (Å²) >= 11 is 3.06. The molecule has 19 heavy (non-hydrogen) atoms. The van der Waals surface area contributed by atoms with Gasteiger partial charge in [-0.2, -0.15) is 0 Å². The first kappa shape index (κ1) is 14.9. The maximum atomic E-state index is 10.7. The van der Waals surface area contributed by atoms with Gasteiger partial charge in [-0.3, -0.25) is 19.7 Å². The van der Waals surface area contributed by atoms with E-state index in [-0.39, 0.29) is 15.8 Å². The Balaban J connectivity index is 3.11. The average molecular weight is 333 g/mol. The molecule has 0 aliphatic rings. The summed E-state index contributed by atoms with van der Waals surface area (Å²) in [5.41, 5.74) is 0.0802. The lowest BCUT2D eigenvalue weighted by atomic mass is 10.2. The number of non-ortho nitro benzene ring substituents is 1. The van der Waals surface area contributed by atoms with Crippen LogP contribution in [-0.2, 0) is 9.59 Å². The number of hydrogen-bond acceptors (Lipinski definition) is 5. The minimum absolute atomic E-state index is 0.179. The number of halogens is 1. The molecule has 8 nitrogen and oxygen atoms in total. The Hall–Kier alpha value is -2.16. The van der Waals surface area contributed by atoms with Crippen molar-refractivity contribution >= 4 is 39.2 Å². The molecule has 1 rings (SSSR count). The molecule has 0 aliphatic carbocycles. The van der Waals surface area contributed by atoms with Gasteiger partial charge < -0.3 is 15.1 Å². The van der Waals surface area contributed by atoms with E-state index in [1.165, 1.54) is 18.2 Å². The first-order chi connectivity index (χ1) is 8.81. The normalized spacial score (nSPS) is 9.95. The molecule has 9 heteroatoms. The molecule has 0 saturated heterocycles. The van der Waals surface area contributed by atoms with Gasteiger partial charge in [0.2, 0.25) is 0 Å². The van der Waals surface area contributed by atoms with Crippen molar-refractivity contribution in [3.63, 3.8) is 0 Å². The van der Waals surface area contributed by atoms with Gasteiger partial charge in [-0.05, 0) is 22.0 Å². The molecule has 0 aromatic heterocycles. The van der Waals surface area contributed by atoms with Crippen molar-refractivity contribution < 1.29 is 24.7 Å². The molecular formula is C10H9BrN2O6. The lowest BCUT2D eigenvalue weighted by molar-refractivity contribution is -0.384. The van der Waals surface area contributed by atoms with E-state index in [2.05, 4.69) is 15.9 Å². The molecule has 0 unspecified atom stereocenters. The van der Waals surface area contributed by atoms with Crippen LogP contribution < -0.4 is 4.90 Å². The molecule has 0 radical (unpaired) electrons. The van der Waals surface area contributed by atoms with Gasteiger partial charge in [-0.25, -0.2) is 0 Å². The van der Waals surface area contributed by atoms with Gasteiger partial charge >= 0.3 is 11.9 Å². The van der Waals surface area contributed by atoms with E-state index < -0.39 is 30.0 Å². The Morgan fingerprint density at radius 2 is 1.79 bits per heavy atom. The largest absolute Gasteiger partial charge is 0.480 e. The van der Waals surface area contributed by atoms with Gasteiger partial charge in [0.25, 0.3) is 5.69 Å². The summed E-state index contributed by atoms with van der Waals surface area (Å²) in [6.07, 6.45) is 0. The highest BCUT2D eigenvalue weighted by molar-refractivity contribution is 9.10. The van der Waals surface area contributed by atoms with E-state index in [1.54, 1.807) is 0 Å². The standard InChI is InChI=1S/C10H9BrN2O6/c11-7-3-6(13(18)19)1-2-8(7)12(4-9(14)15)5-10(16)17/h1-3H,4-5H2,(H,14,15)(H,16,17). The molecule has 0 bridgehead atoms. The number of benzene rings is 1. The molecule has 0 spiro atoms. The van der Waals surface area contributed by atoms with Crippen LogP contribution in [0.4, 0.5) is 11.4 Å². The molecule has 0 aliphatic heterocycles. The van der Waals surface area contributed by atoms with Crippen molar-refractivity contribution in [2.75, 3.05) is 18.0 Å². The van der Waals surface area contributed by atoms with E-state index >= 15 is 0 Å². The number of carboxylic acids is 2. The average Bonchev–Trinajstić information content (AvgIpc) is 2.26. The summed E-state index contributed by atoms with van der Waals surface area (Å²) < 4.78 is 0.254. The molecule has 0 atom stereocenters. The Kier molecular flexibility index (Phi) is 4.81. The minimum Gasteiger partial charge on any atom is -0.480 e. The molecule has 0 heterocycles. The van der Waals surface area contributed by atoms with E-state index in [0.29, 0.717) is 0 Å². The van der Waals surface area contributed by atoms with Crippen LogP contribution in [0.25, 0.3) is 0 Å². The number of carbonyl (C=O) groups is 2. The predicted octanol–water partition coefficient (Wildman–Crippen LogP) is 1.33. The van der Waals surface area contributed by atoms with Crippen molar-refractivity contribution in [1.82, 2.24) is 0 Å². The molecule has 2 N–H and O–H groups in total. The lowest BCUT2D eigenvalue weighted by Gasteiger charge is -2.21. The molecule has 1 aromatic rings. The summed E-state index contributed by atoms with van der Waals surface area (Å²) in [7, 11) is 0. The molecule has 0 fully saturated rings. The molecule has 0 saturated carbocycles. The SMILES string of the molecule is O=C(O)CN(CC(=O)O)c1ccc([N+](=O)[O-])cc1Br. The summed E-state index contributed by atoms with van der Waals surface area (Å²) in [5, 5.41) is 28.0. The molecule has 1 aromatic carbocycles. The van der Waals surface area contributed by atoms with Crippen LogP contribution in [-0.4, -0.2) is 40.2 Å². The zero-order valence-electron chi connectivity index (χ0n) is 9.45. The van der Waals surface area contributed by atoms with Crippen molar-refractivity contribution in [2.24, 2.45) is 0 Å². The molecular weight excluding hydrogens is 324 g/mol. The van der Waals surface area contributed by atoms with Gasteiger partial charge in [-0.1, -0.05) is 0 Å². The third-order valence-corrected chi connectivity index (χ3v) is 2.77. The van der Waals surface area contributed by atoms with Gasteiger partial charge in [0, 0.05) is 16.6 Å². The smallest absolute Gasteiger partial charge is 0.323 e. The highest BCUT2D eigenvalue weighted by atomic mass is 79.9. The number of nitro benzene ring substituents is 1. The number of anilines is 1. The van der Waals surface area contributed by atoms with Gasteiger partial charge in [0.1, 0.15) is 13.1 Å². The van der Waals surface area contributed by atoms with Crippen molar-refractivity contribution in [1.29, 1.82) is 0 Å². The van der Waals surface area contributed by atoms with Crippen LogP contribution in [0.15, 0.2) is 22.7 Å². The summed E-state index contributed by atoms with van der Waals surface area (Å²) in [6, 6.07) is 3.66. The van der Waals surface area contributed by atoms with Crippen LogP contribution >= 0.6 is 15.9 Å². The number of carboxylic acid groups (broad SMARTS) is 2. The van der Waals surface area contributed by atoms with Crippen LogP contribution in [0, 0.1) is 10.1 Å². The third kappa shape index (κ3) is 4.21. The number of hydrogen-bond donors (Lipinski definition) is 2. The number of nitrogens with zero attached hydrogens (tertiary/aromatic N) is 2. The Labute approximate surface area is 115 Å². The maximum absolute atomic E-state index is 10.7. The second-order valence-corrected chi connectivity index (χ2v) is 4.39. The van der Waals surface area contributed by atoms with Crippen molar-refractivity contribution in [3.8, 4) is 0 Å². The monoisotopic (exact) mass is 332 g/mol. The summed E-state index contributed by atoms with van der Waals surface area (Å²) in [5.74, 6) is -2.40. The first-order valence-electron chi connectivity index (χ1n) is 4.93. The van der Waals surface area contributed by atoms with E-state index in [0.717, 1.165) is 4.90 Å². The van der Waals surface area contributed by atoms with Gasteiger partial charge in [0.15, 0.2) is 0 Å². The first-order valence-corrected chi connectivity index (χ1v) is 5.73. The topological polar surface area (TPSA) is 121 Å². The Morgan fingerprint density at radius 1 is 1.26 bits per heavy atom. The van der Waals surface area contributed by atoms with Crippen molar-refractivity contribution in [2.45, 2.75) is 0 Å².